The summed E-state index contributed by atoms with van der Waals surface area (Å²) in [5.74, 6) is 2.52. The fourth-order valence-electron chi connectivity index (χ4n) is 2.19. The summed E-state index contributed by atoms with van der Waals surface area (Å²) in [5.41, 5.74) is 1.46. The molecule has 0 N–H and O–H groups in total. The van der Waals surface area contributed by atoms with Gasteiger partial charge in [-0.15, -0.1) is 0 Å². The predicted molar refractivity (Wildman–Crippen MR) is 86.6 cm³/mol. The lowest BCUT2D eigenvalue weighted by Crippen LogP contribution is -2.11. The highest BCUT2D eigenvalue weighted by Crippen LogP contribution is 2.20. The molecule has 0 saturated carbocycles. The van der Waals surface area contributed by atoms with Gasteiger partial charge in [-0.2, -0.15) is 0 Å². The van der Waals surface area contributed by atoms with Crippen molar-refractivity contribution >= 4 is 10.9 Å². The molecule has 1 unspecified atom stereocenters. The van der Waals surface area contributed by atoms with Crippen LogP contribution in [0, 0.1) is 0 Å². The van der Waals surface area contributed by atoms with Crippen LogP contribution in [0.4, 0.5) is 0 Å². The van der Waals surface area contributed by atoms with E-state index < -0.39 is 0 Å². The van der Waals surface area contributed by atoms with Gasteiger partial charge in [0.1, 0.15) is 11.5 Å². The SMILES string of the molecule is CCCCC[S+](Cc1ccccc1)c1ccccc1. The number of hydrogen-bond donors (Lipinski definition) is 0. The van der Waals surface area contributed by atoms with Crippen molar-refractivity contribution in [3.8, 4) is 0 Å². The molecule has 1 heteroatoms. The van der Waals surface area contributed by atoms with E-state index in [1.807, 2.05) is 0 Å². The molecule has 2 aromatic carbocycles. The Kier molecular flexibility index (Phi) is 6.03. The Balaban J connectivity index is 2.06. The van der Waals surface area contributed by atoms with Crippen molar-refractivity contribution < 1.29 is 0 Å². The van der Waals surface area contributed by atoms with Crippen LogP contribution in [0.2, 0.25) is 0 Å². The average Bonchev–Trinajstić information content (AvgIpc) is 2.48. The second-order valence-electron chi connectivity index (χ2n) is 4.85. The highest BCUT2D eigenvalue weighted by atomic mass is 32.2. The molecule has 0 fully saturated rings. The van der Waals surface area contributed by atoms with Crippen molar-refractivity contribution in [2.45, 2.75) is 36.8 Å². The Morgan fingerprint density at radius 2 is 1.42 bits per heavy atom. The van der Waals surface area contributed by atoms with E-state index in [4.69, 9.17) is 0 Å². The second-order valence-corrected chi connectivity index (χ2v) is 7.00. The standard InChI is InChI=1S/C18H23S/c1-2-3-10-15-19(18-13-8-5-9-14-18)16-17-11-6-4-7-12-17/h4-9,11-14H,2-3,10,15-16H2,1H3/q+1. The van der Waals surface area contributed by atoms with Crippen molar-refractivity contribution in [1.82, 2.24) is 0 Å². The van der Waals surface area contributed by atoms with Gasteiger partial charge in [0, 0.05) is 16.5 Å². The maximum absolute atomic E-state index is 2.29. The van der Waals surface area contributed by atoms with Crippen LogP contribution >= 0.6 is 0 Å². The zero-order chi connectivity index (χ0) is 13.3. The maximum Gasteiger partial charge on any atom is 0.155 e. The Morgan fingerprint density at radius 3 is 2.05 bits per heavy atom. The molecule has 100 valence electrons. The Morgan fingerprint density at radius 1 is 0.789 bits per heavy atom. The molecule has 0 amide bonds. The Bertz CT molecular complexity index is 450. The summed E-state index contributed by atoms with van der Waals surface area (Å²) in [6.07, 6.45) is 4.00. The highest BCUT2D eigenvalue weighted by molar-refractivity contribution is 7.96. The van der Waals surface area contributed by atoms with Crippen molar-refractivity contribution in [3.63, 3.8) is 0 Å². The third kappa shape index (κ3) is 4.76. The third-order valence-electron chi connectivity index (χ3n) is 3.25. The topological polar surface area (TPSA) is 0 Å². The number of unbranched alkanes of at least 4 members (excludes halogenated alkanes) is 2. The molecular formula is C18H23S+. The van der Waals surface area contributed by atoms with E-state index >= 15 is 0 Å². The van der Waals surface area contributed by atoms with Crippen LogP contribution in [0.3, 0.4) is 0 Å². The zero-order valence-electron chi connectivity index (χ0n) is 11.7. The molecular weight excluding hydrogens is 248 g/mol. The van der Waals surface area contributed by atoms with Gasteiger partial charge in [-0.1, -0.05) is 61.9 Å². The summed E-state index contributed by atoms with van der Waals surface area (Å²) in [6, 6.07) is 21.9. The van der Waals surface area contributed by atoms with Crippen LogP contribution in [0.5, 0.6) is 0 Å². The molecule has 2 aromatic rings. The van der Waals surface area contributed by atoms with Gasteiger partial charge in [-0.3, -0.25) is 0 Å². The summed E-state index contributed by atoms with van der Waals surface area (Å²) in [4.78, 5) is 1.52. The van der Waals surface area contributed by atoms with Crippen LogP contribution in [-0.4, -0.2) is 5.75 Å². The van der Waals surface area contributed by atoms with E-state index in [9.17, 15) is 0 Å². The van der Waals surface area contributed by atoms with Crippen LogP contribution in [0.15, 0.2) is 65.6 Å². The molecule has 0 aliphatic rings. The molecule has 1 atom stereocenters. The van der Waals surface area contributed by atoms with E-state index in [1.54, 1.807) is 0 Å². The fourth-order valence-corrected chi connectivity index (χ4v) is 4.42. The molecule has 0 aromatic heterocycles. The minimum absolute atomic E-state index is 0.360. The normalized spacial score (nSPS) is 12.3. The van der Waals surface area contributed by atoms with Crippen LogP contribution < -0.4 is 0 Å². The minimum Gasteiger partial charge on any atom is -0.0654 e. The molecule has 0 spiro atoms. The first-order valence-corrected chi connectivity index (χ1v) is 8.73. The van der Waals surface area contributed by atoms with Crippen molar-refractivity contribution in [1.29, 1.82) is 0 Å². The lowest BCUT2D eigenvalue weighted by molar-refractivity contribution is 0.776. The maximum atomic E-state index is 2.29. The van der Waals surface area contributed by atoms with Crippen LogP contribution in [0.1, 0.15) is 31.7 Å². The lowest BCUT2D eigenvalue weighted by Gasteiger charge is -2.08. The van der Waals surface area contributed by atoms with E-state index in [0.717, 1.165) is 0 Å². The van der Waals surface area contributed by atoms with Gasteiger partial charge in [0.25, 0.3) is 0 Å². The first-order valence-electron chi connectivity index (χ1n) is 7.16. The summed E-state index contributed by atoms with van der Waals surface area (Å²) in [7, 11) is 0.360. The summed E-state index contributed by atoms with van der Waals surface area (Å²) in [6.45, 7) is 2.28. The van der Waals surface area contributed by atoms with E-state index in [1.165, 1.54) is 41.2 Å². The van der Waals surface area contributed by atoms with Crippen LogP contribution in [-0.2, 0) is 16.6 Å². The summed E-state index contributed by atoms with van der Waals surface area (Å²) < 4.78 is 0. The van der Waals surface area contributed by atoms with Crippen molar-refractivity contribution in [2.75, 3.05) is 5.75 Å². The van der Waals surface area contributed by atoms with Gasteiger partial charge in [-0.05, 0) is 25.0 Å². The second kappa shape index (κ2) is 8.06. The lowest BCUT2D eigenvalue weighted by atomic mass is 10.2. The van der Waals surface area contributed by atoms with Gasteiger partial charge in [0.2, 0.25) is 0 Å². The van der Waals surface area contributed by atoms with E-state index in [-0.39, 0.29) is 0 Å². The van der Waals surface area contributed by atoms with Crippen molar-refractivity contribution in [3.05, 3.63) is 66.2 Å². The smallest absolute Gasteiger partial charge is 0.0654 e. The molecule has 0 bridgehead atoms. The monoisotopic (exact) mass is 271 g/mol. The first-order chi connectivity index (χ1) is 9.40. The molecule has 0 saturated heterocycles. The van der Waals surface area contributed by atoms with Crippen LogP contribution in [0.25, 0.3) is 0 Å². The number of rotatable bonds is 7. The third-order valence-corrected chi connectivity index (χ3v) is 5.66. The van der Waals surface area contributed by atoms with E-state index in [0.29, 0.717) is 10.9 Å². The zero-order valence-corrected chi connectivity index (χ0v) is 12.5. The highest BCUT2D eigenvalue weighted by Gasteiger charge is 2.21. The molecule has 0 aliphatic heterocycles. The average molecular weight is 271 g/mol. The minimum atomic E-state index is 0.360. The molecule has 19 heavy (non-hydrogen) atoms. The van der Waals surface area contributed by atoms with Crippen molar-refractivity contribution in [2.24, 2.45) is 0 Å². The van der Waals surface area contributed by atoms with Gasteiger partial charge < -0.3 is 0 Å². The fraction of sp³-hybridized carbons (Fsp3) is 0.333. The molecule has 0 nitrogen and oxygen atoms in total. The van der Waals surface area contributed by atoms with Gasteiger partial charge in [0.05, 0.1) is 0 Å². The predicted octanol–water partition coefficient (Wildman–Crippen LogP) is 5.05. The summed E-state index contributed by atoms with van der Waals surface area (Å²) >= 11 is 0. The largest absolute Gasteiger partial charge is 0.155 e. The Labute approximate surface area is 120 Å². The van der Waals surface area contributed by atoms with Gasteiger partial charge in [-0.25, -0.2) is 0 Å². The molecule has 0 aliphatic carbocycles. The van der Waals surface area contributed by atoms with Gasteiger partial charge >= 0.3 is 0 Å². The number of hydrogen-bond acceptors (Lipinski definition) is 0. The Hall–Kier alpha value is -1.21. The first kappa shape index (κ1) is 14.2. The van der Waals surface area contributed by atoms with E-state index in [2.05, 4.69) is 67.6 Å². The quantitative estimate of drug-likeness (QED) is 0.488. The summed E-state index contributed by atoms with van der Waals surface area (Å²) in [5, 5.41) is 0. The molecule has 0 heterocycles. The van der Waals surface area contributed by atoms with Gasteiger partial charge in [0.15, 0.2) is 4.90 Å². The molecule has 2 rings (SSSR count). The number of benzene rings is 2. The molecule has 0 radical (unpaired) electrons.